The fraction of sp³-hybridized carbons (Fsp3) is 0.692. The molecule has 2 saturated carbocycles. The van der Waals surface area contributed by atoms with Gasteiger partial charge in [-0.05, 0) is 86.3 Å². The van der Waals surface area contributed by atoms with Crippen LogP contribution in [0.2, 0.25) is 0 Å². The average molecular weight is 371 g/mol. The number of hydrogen-bond acceptors (Lipinski definition) is 0. The molecule has 0 N–H and O–H groups in total. The summed E-state index contributed by atoms with van der Waals surface area (Å²) in [4.78, 5) is 0. The molecule has 1 aromatic rings. The number of unbranched alkanes of at least 4 members (excludes halogenated alkanes) is 2. The third-order valence-electron chi connectivity index (χ3n) is 7.37. The Balaban J connectivity index is 1.46. The highest BCUT2D eigenvalue weighted by Crippen LogP contribution is 2.45. The molecule has 0 nitrogen and oxygen atoms in total. The predicted octanol–water partition coefficient (Wildman–Crippen LogP) is 8.52. The van der Waals surface area contributed by atoms with Gasteiger partial charge in [-0.3, -0.25) is 0 Å². The smallest absolute Gasteiger partial charge is 0.127 e. The summed E-state index contributed by atoms with van der Waals surface area (Å²) >= 11 is 0. The first-order chi connectivity index (χ1) is 13.2. The minimum absolute atomic E-state index is 0.00152. The number of hydrogen-bond donors (Lipinski definition) is 0. The van der Waals surface area contributed by atoms with Gasteiger partial charge in [0.25, 0.3) is 0 Å². The lowest BCUT2D eigenvalue weighted by Gasteiger charge is -2.38. The van der Waals surface area contributed by atoms with Crippen molar-refractivity contribution in [2.75, 3.05) is 0 Å². The van der Waals surface area contributed by atoms with Crippen molar-refractivity contribution in [3.8, 4) is 0 Å². The van der Waals surface area contributed by atoms with Gasteiger partial charge in [0.1, 0.15) is 5.82 Å². The Bertz CT molecular complexity index is 586. The molecule has 2 aliphatic rings. The van der Waals surface area contributed by atoms with Crippen molar-refractivity contribution in [3.05, 3.63) is 41.2 Å². The van der Waals surface area contributed by atoms with Crippen molar-refractivity contribution in [1.82, 2.24) is 0 Å². The van der Waals surface area contributed by atoms with E-state index in [1.54, 1.807) is 6.07 Å². The van der Waals surface area contributed by atoms with Gasteiger partial charge in [-0.1, -0.05) is 69.7 Å². The summed E-state index contributed by atoms with van der Waals surface area (Å²) in [6.07, 6.45) is 20.4. The normalized spacial score (nSPS) is 29.3. The van der Waals surface area contributed by atoms with Crippen LogP contribution in [0.1, 0.15) is 108 Å². The zero-order valence-corrected chi connectivity index (χ0v) is 17.6. The quantitative estimate of drug-likeness (QED) is 0.422. The Morgan fingerprint density at radius 2 is 1.59 bits per heavy atom. The molecular formula is C26H39F. The molecule has 0 unspecified atom stereocenters. The molecule has 2 aliphatic carbocycles. The molecule has 2 fully saturated rings. The highest BCUT2D eigenvalue weighted by atomic mass is 19.1. The Morgan fingerprint density at radius 1 is 0.926 bits per heavy atom. The second kappa shape index (κ2) is 10.4. The molecule has 0 heterocycles. The number of halogens is 1. The first-order valence-corrected chi connectivity index (χ1v) is 11.6. The Labute approximate surface area is 166 Å². The Morgan fingerprint density at radius 3 is 2.19 bits per heavy atom. The van der Waals surface area contributed by atoms with E-state index in [0.29, 0.717) is 5.92 Å². The number of rotatable bonds is 7. The van der Waals surface area contributed by atoms with E-state index in [1.807, 2.05) is 25.1 Å². The molecule has 0 spiro atoms. The van der Waals surface area contributed by atoms with Crippen molar-refractivity contribution >= 4 is 6.08 Å². The van der Waals surface area contributed by atoms with Gasteiger partial charge >= 0.3 is 0 Å². The van der Waals surface area contributed by atoms with Gasteiger partial charge in [-0.25, -0.2) is 4.39 Å². The standard InChI is InChI=1S/C26H39F/c1-3-5-6-8-20-9-12-22(13-10-20)23-14-16-24(17-15-23)25-18-11-21(7-4-2)19-26(25)27/h4,7,11,18-20,22-24H,3,5-6,8-10,12-17H2,1-2H3/b7-4+. The van der Waals surface area contributed by atoms with E-state index in [2.05, 4.69) is 13.0 Å². The van der Waals surface area contributed by atoms with E-state index < -0.39 is 0 Å². The van der Waals surface area contributed by atoms with Crippen molar-refractivity contribution in [2.45, 2.75) is 96.8 Å². The van der Waals surface area contributed by atoms with Gasteiger partial charge in [0.2, 0.25) is 0 Å². The topological polar surface area (TPSA) is 0 Å². The molecule has 0 aliphatic heterocycles. The van der Waals surface area contributed by atoms with E-state index in [0.717, 1.165) is 28.9 Å². The third-order valence-corrected chi connectivity index (χ3v) is 7.37. The van der Waals surface area contributed by atoms with Crippen LogP contribution in [0.25, 0.3) is 6.08 Å². The zero-order chi connectivity index (χ0) is 19.1. The molecule has 1 heteroatoms. The van der Waals surface area contributed by atoms with Crippen LogP contribution < -0.4 is 0 Å². The van der Waals surface area contributed by atoms with Gasteiger partial charge in [0, 0.05) is 0 Å². The third kappa shape index (κ3) is 5.69. The Kier molecular flexibility index (Phi) is 7.97. The zero-order valence-electron chi connectivity index (χ0n) is 17.6. The average Bonchev–Trinajstić information content (AvgIpc) is 2.69. The maximum Gasteiger partial charge on any atom is 0.127 e. The molecule has 1 aromatic carbocycles. The van der Waals surface area contributed by atoms with Crippen molar-refractivity contribution in [1.29, 1.82) is 0 Å². The largest absolute Gasteiger partial charge is 0.207 e. The van der Waals surface area contributed by atoms with Crippen LogP contribution in [-0.2, 0) is 0 Å². The molecule has 0 aromatic heterocycles. The lowest BCUT2D eigenvalue weighted by Crippen LogP contribution is -2.25. The van der Waals surface area contributed by atoms with Crippen LogP contribution >= 0.6 is 0 Å². The van der Waals surface area contributed by atoms with Crippen LogP contribution in [0, 0.1) is 23.6 Å². The summed E-state index contributed by atoms with van der Waals surface area (Å²) in [5.74, 6) is 3.31. The van der Waals surface area contributed by atoms with Crippen LogP contribution in [0.4, 0.5) is 4.39 Å². The van der Waals surface area contributed by atoms with Crippen molar-refractivity contribution in [3.63, 3.8) is 0 Å². The highest BCUT2D eigenvalue weighted by molar-refractivity contribution is 5.50. The summed E-state index contributed by atoms with van der Waals surface area (Å²) in [5.41, 5.74) is 1.93. The van der Waals surface area contributed by atoms with Crippen LogP contribution in [0.15, 0.2) is 24.3 Å². The van der Waals surface area contributed by atoms with Gasteiger partial charge in [-0.15, -0.1) is 0 Å². The SMILES string of the molecule is C/C=C/c1ccc(C2CCC(C3CCC(CCCCC)CC3)CC2)c(F)c1. The van der Waals surface area contributed by atoms with Crippen molar-refractivity contribution < 1.29 is 4.39 Å². The first-order valence-electron chi connectivity index (χ1n) is 11.6. The van der Waals surface area contributed by atoms with Gasteiger partial charge in [0.05, 0.1) is 0 Å². The Hall–Kier alpha value is -1.11. The molecule has 150 valence electrons. The van der Waals surface area contributed by atoms with E-state index in [4.69, 9.17) is 0 Å². The molecule has 0 amide bonds. The number of benzene rings is 1. The fourth-order valence-electron chi connectivity index (χ4n) is 5.70. The maximum absolute atomic E-state index is 14.5. The lowest BCUT2D eigenvalue weighted by molar-refractivity contribution is 0.155. The minimum atomic E-state index is 0.00152. The summed E-state index contributed by atoms with van der Waals surface area (Å²) < 4.78 is 14.5. The van der Waals surface area contributed by atoms with Crippen LogP contribution in [0.3, 0.4) is 0 Å². The predicted molar refractivity (Wildman–Crippen MR) is 115 cm³/mol. The second-order valence-electron chi connectivity index (χ2n) is 9.17. The number of allylic oxidation sites excluding steroid dienone is 1. The van der Waals surface area contributed by atoms with E-state index >= 15 is 0 Å². The molecule has 0 radical (unpaired) electrons. The summed E-state index contributed by atoms with van der Waals surface area (Å²) in [5, 5.41) is 0. The highest BCUT2D eigenvalue weighted by Gasteiger charge is 2.31. The van der Waals surface area contributed by atoms with E-state index in [-0.39, 0.29) is 5.82 Å². The second-order valence-corrected chi connectivity index (χ2v) is 9.17. The summed E-state index contributed by atoms with van der Waals surface area (Å²) in [6.45, 7) is 4.28. The first kappa shape index (κ1) is 20.6. The van der Waals surface area contributed by atoms with E-state index in [1.165, 1.54) is 77.0 Å². The van der Waals surface area contributed by atoms with E-state index in [9.17, 15) is 4.39 Å². The molecule has 3 rings (SSSR count). The van der Waals surface area contributed by atoms with Gasteiger partial charge in [0.15, 0.2) is 0 Å². The monoisotopic (exact) mass is 370 g/mol. The summed E-state index contributed by atoms with van der Waals surface area (Å²) in [6, 6.07) is 5.82. The molecular weight excluding hydrogens is 331 g/mol. The fourth-order valence-corrected chi connectivity index (χ4v) is 5.70. The van der Waals surface area contributed by atoms with Gasteiger partial charge in [-0.2, -0.15) is 0 Å². The minimum Gasteiger partial charge on any atom is -0.207 e. The van der Waals surface area contributed by atoms with Gasteiger partial charge < -0.3 is 0 Å². The van der Waals surface area contributed by atoms with Crippen LogP contribution in [0.5, 0.6) is 0 Å². The molecule has 0 saturated heterocycles. The molecule has 0 atom stereocenters. The molecule has 0 bridgehead atoms. The summed E-state index contributed by atoms with van der Waals surface area (Å²) in [7, 11) is 0. The maximum atomic E-state index is 14.5. The van der Waals surface area contributed by atoms with Crippen LogP contribution in [-0.4, -0.2) is 0 Å². The van der Waals surface area contributed by atoms with Crippen molar-refractivity contribution in [2.24, 2.45) is 17.8 Å². The lowest BCUT2D eigenvalue weighted by atomic mass is 9.68. The molecule has 27 heavy (non-hydrogen) atoms.